The minimum atomic E-state index is 0.0767. The summed E-state index contributed by atoms with van der Waals surface area (Å²) in [6.45, 7) is 7.00. The Hall–Kier alpha value is -1.81. The van der Waals surface area contributed by atoms with E-state index in [-0.39, 0.29) is 6.04 Å². The molecule has 2 N–H and O–H groups in total. The number of nitrogens with one attached hydrogen (secondary N) is 2. The highest BCUT2D eigenvalue weighted by molar-refractivity contribution is 6.31. The molecule has 1 atom stereocenters. The quantitative estimate of drug-likeness (QED) is 0.835. The summed E-state index contributed by atoms with van der Waals surface area (Å²) in [5.41, 5.74) is 1.06. The number of nitrogens with zero attached hydrogens (tertiary/aromatic N) is 2. The highest BCUT2D eigenvalue weighted by Crippen LogP contribution is 2.25. The summed E-state index contributed by atoms with van der Waals surface area (Å²) in [6.07, 6.45) is 0.800. The summed E-state index contributed by atoms with van der Waals surface area (Å²) < 4.78 is 0. The van der Waals surface area contributed by atoms with Crippen LogP contribution in [0.25, 0.3) is 0 Å². The van der Waals surface area contributed by atoms with E-state index in [0.29, 0.717) is 0 Å². The Balaban J connectivity index is 2.22. The Morgan fingerprint density at radius 3 is 2.52 bits per heavy atom. The summed E-state index contributed by atoms with van der Waals surface area (Å²) in [7, 11) is 0. The minimum absolute atomic E-state index is 0.0767. The van der Waals surface area contributed by atoms with Crippen molar-refractivity contribution in [2.75, 3.05) is 17.2 Å². The molecule has 0 amide bonds. The Morgan fingerprint density at radius 1 is 1.14 bits per heavy atom. The third-order valence-electron chi connectivity index (χ3n) is 3.18. The molecule has 0 aliphatic carbocycles. The van der Waals surface area contributed by atoms with Gasteiger partial charge in [-0.05, 0) is 25.5 Å². The molecule has 1 aromatic carbocycles. The first kappa shape index (κ1) is 15.6. The van der Waals surface area contributed by atoms with Gasteiger partial charge in [-0.3, -0.25) is 0 Å². The van der Waals surface area contributed by atoms with Gasteiger partial charge >= 0.3 is 0 Å². The molecule has 0 saturated heterocycles. The van der Waals surface area contributed by atoms with E-state index in [4.69, 9.17) is 11.6 Å². The van der Waals surface area contributed by atoms with Crippen LogP contribution in [-0.2, 0) is 6.42 Å². The second-order valence-electron chi connectivity index (χ2n) is 4.83. The van der Waals surface area contributed by atoms with Crippen molar-refractivity contribution in [2.45, 2.75) is 33.2 Å². The zero-order valence-corrected chi connectivity index (χ0v) is 13.4. The van der Waals surface area contributed by atoms with E-state index in [1.807, 2.05) is 44.2 Å². The van der Waals surface area contributed by atoms with E-state index >= 15 is 0 Å². The fourth-order valence-corrected chi connectivity index (χ4v) is 2.43. The third kappa shape index (κ3) is 4.08. The fraction of sp³-hybridized carbons (Fsp3) is 0.375. The lowest BCUT2D eigenvalue weighted by Gasteiger charge is -2.17. The monoisotopic (exact) mass is 304 g/mol. The maximum absolute atomic E-state index is 6.24. The number of rotatable bonds is 6. The van der Waals surface area contributed by atoms with Crippen LogP contribution in [0.3, 0.4) is 0 Å². The van der Waals surface area contributed by atoms with Crippen LogP contribution in [0.15, 0.2) is 30.3 Å². The first-order chi connectivity index (χ1) is 10.1. The van der Waals surface area contributed by atoms with E-state index in [9.17, 15) is 0 Å². The number of hydrogen-bond acceptors (Lipinski definition) is 4. The maximum Gasteiger partial charge on any atom is 0.132 e. The number of hydrogen-bond donors (Lipinski definition) is 2. The van der Waals surface area contributed by atoms with Gasteiger partial charge in [0.15, 0.2) is 0 Å². The van der Waals surface area contributed by atoms with Crippen LogP contribution in [-0.4, -0.2) is 16.5 Å². The first-order valence-electron chi connectivity index (χ1n) is 7.26. The maximum atomic E-state index is 6.24. The Labute approximate surface area is 131 Å². The molecule has 112 valence electrons. The van der Waals surface area contributed by atoms with E-state index in [1.54, 1.807) is 0 Å². The predicted molar refractivity (Wildman–Crippen MR) is 89.1 cm³/mol. The Bertz CT molecular complexity index is 601. The second-order valence-corrected chi connectivity index (χ2v) is 5.23. The van der Waals surface area contributed by atoms with Gasteiger partial charge in [0.1, 0.15) is 17.5 Å². The first-order valence-corrected chi connectivity index (χ1v) is 7.64. The predicted octanol–water partition coefficient (Wildman–Crippen LogP) is 4.30. The molecule has 5 heteroatoms. The lowest BCUT2D eigenvalue weighted by molar-refractivity contribution is 0.857. The van der Waals surface area contributed by atoms with Crippen molar-refractivity contribution in [1.29, 1.82) is 0 Å². The van der Waals surface area contributed by atoms with E-state index < -0.39 is 0 Å². The largest absolute Gasteiger partial charge is 0.370 e. The summed E-state index contributed by atoms with van der Waals surface area (Å²) >= 11 is 6.24. The molecule has 0 aliphatic rings. The molecule has 0 saturated carbocycles. The molecule has 0 spiro atoms. The molecular weight excluding hydrogens is 284 g/mol. The molecular formula is C16H21ClN4. The SMILES string of the molecule is CCNc1cc(NC(C)c2ccccc2Cl)nc(CC)n1. The van der Waals surface area contributed by atoms with Crippen LogP contribution >= 0.6 is 11.6 Å². The van der Waals surface area contributed by atoms with Crippen LogP contribution in [0.5, 0.6) is 0 Å². The molecule has 21 heavy (non-hydrogen) atoms. The standard InChI is InChI=1S/C16H21ClN4/c1-4-14-20-15(18-5-2)10-16(21-14)19-11(3)12-8-6-7-9-13(12)17/h6-11H,4-5H2,1-3H3,(H2,18,19,20,21). The zero-order valence-electron chi connectivity index (χ0n) is 12.7. The fourth-order valence-electron chi connectivity index (χ4n) is 2.13. The van der Waals surface area contributed by atoms with Crippen molar-refractivity contribution < 1.29 is 0 Å². The highest BCUT2D eigenvalue weighted by Gasteiger charge is 2.11. The third-order valence-corrected chi connectivity index (χ3v) is 3.53. The Kier molecular flexibility index (Phi) is 5.39. The highest BCUT2D eigenvalue weighted by atomic mass is 35.5. The molecule has 0 fully saturated rings. The zero-order chi connectivity index (χ0) is 15.2. The number of aromatic nitrogens is 2. The minimum Gasteiger partial charge on any atom is -0.370 e. The van der Waals surface area contributed by atoms with Crippen LogP contribution in [0.2, 0.25) is 5.02 Å². The molecule has 2 rings (SSSR count). The molecule has 1 unspecified atom stereocenters. The van der Waals surface area contributed by atoms with Crippen LogP contribution in [0, 0.1) is 0 Å². The van der Waals surface area contributed by atoms with E-state index in [0.717, 1.165) is 41.0 Å². The van der Waals surface area contributed by atoms with Gasteiger partial charge in [-0.15, -0.1) is 0 Å². The van der Waals surface area contributed by atoms with Crippen molar-refractivity contribution in [3.8, 4) is 0 Å². The van der Waals surface area contributed by atoms with Crippen LogP contribution < -0.4 is 10.6 Å². The molecule has 2 aromatic rings. The van der Waals surface area contributed by atoms with Crippen molar-refractivity contribution in [2.24, 2.45) is 0 Å². The molecule has 0 bridgehead atoms. The number of benzene rings is 1. The summed E-state index contributed by atoms with van der Waals surface area (Å²) in [6, 6.07) is 9.84. The van der Waals surface area contributed by atoms with Gasteiger partial charge in [-0.1, -0.05) is 36.7 Å². The molecule has 0 radical (unpaired) electrons. The van der Waals surface area contributed by atoms with Crippen molar-refractivity contribution in [3.05, 3.63) is 46.7 Å². The second kappa shape index (κ2) is 7.27. The summed E-state index contributed by atoms with van der Waals surface area (Å²) in [5.74, 6) is 2.48. The number of aryl methyl sites for hydroxylation is 1. The van der Waals surface area contributed by atoms with Crippen LogP contribution in [0.4, 0.5) is 11.6 Å². The summed E-state index contributed by atoms with van der Waals surface area (Å²) in [4.78, 5) is 8.97. The van der Waals surface area contributed by atoms with Gasteiger partial charge < -0.3 is 10.6 Å². The van der Waals surface area contributed by atoms with Crippen molar-refractivity contribution in [3.63, 3.8) is 0 Å². The van der Waals surface area contributed by atoms with Crippen LogP contribution in [0.1, 0.15) is 38.2 Å². The van der Waals surface area contributed by atoms with Gasteiger partial charge in [0, 0.05) is 24.1 Å². The van der Waals surface area contributed by atoms with Crippen molar-refractivity contribution >= 4 is 23.2 Å². The van der Waals surface area contributed by atoms with Gasteiger partial charge in [0.2, 0.25) is 0 Å². The summed E-state index contributed by atoms with van der Waals surface area (Å²) in [5, 5.41) is 7.39. The normalized spacial score (nSPS) is 12.0. The van der Waals surface area contributed by atoms with Crippen molar-refractivity contribution in [1.82, 2.24) is 9.97 Å². The van der Waals surface area contributed by atoms with E-state index in [2.05, 4.69) is 27.5 Å². The van der Waals surface area contributed by atoms with E-state index in [1.165, 1.54) is 0 Å². The van der Waals surface area contributed by atoms with Gasteiger partial charge in [-0.2, -0.15) is 0 Å². The van der Waals surface area contributed by atoms with Gasteiger partial charge in [-0.25, -0.2) is 9.97 Å². The average molecular weight is 305 g/mol. The van der Waals surface area contributed by atoms with Gasteiger partial charge in [0.25, 0.3) is 0 Å². The smallest absolute Gasteiger partial charge is 0.132 e. The van der Waals surface area contributed by atoms with Gasteiger partial charge in [0.05, 0.1) is 6.04 Å². The lowest BCUT2D eigenvalue weighted by atomic mass is 10.1. The number of halogens is 1. The Morgan fingerprint density at radius 2 is 1.86 bits per heavy atom. The molecule has 1 heterocycles. The molecule has 1 aromatic heterocycles. The average Bonchev–Trinajstić information content (AvgIpc) is 2.47. The molecule has 0 aliphatic heterocycles. The lowest BCUT2D eigenvalue weighted by Crippen LogP contribution is -2.11. The number of anilines is 2. The molecule has 4 nitrogen and oxygen atoms in total. The topological polar surface area (TPSA) is 49.8 Å².